The van der Waals surface area contributed by atoms with Crippen molar-refractivity contribution in [2.24, 2.45) is 0 Å². The number of para-hydroxylation sites is 2. The van der Waals surface area contributed by atoms with E-state index in [1.54, 1.807) is 6.07 Å². The zero-order valence-electron chi connectivity index (χ0n) is 11.1. The maximum atomic E-state index is 10.4. The van der Waals surface area contributed by atoms with Crippen LogP contribution in [0.2, 0.25) is 10.0 Å². The summed E-state index contributed by atoms with van der Waals surface area (Å²) in [5.41, 5.74) is 0.791. The van der Waals surface area contributed by atoms with Gasteiger partial charge in [-0.15, -0.1) is 0 Å². The molecule has 1 N–H and O–H groups in total. The third kappa shape index (κ3) is 3.10. The average Bonchev–Trinajstić information content (AvgIpc) is 2.51. The van der Waals surface area contributed by atoms with Crippen molar-refractivity contribution in [3.05, 3.63) is 58.1 Å². The first-order valence-electron chi connectivity index (χ1n) is 6.64. The summed E-state index contributed by atoms with van der Waals surface area (Å²) >= 11 is 12.1. The number of halogens is 2. The van der Waals surface area contributed by atoms with Gasteiger partial charge < -0.3 is 14.6 Å². The van der Waals surface area contributed by atoms with Gasteiger partial charge in [0.2, 0.25) is 0 Å². The van der Waals surface area contributed by atoms with Crippen LogP contribution in [-0.4, -0.2) is 23.9 Å². The molecule has 5 heteroatoms. The van der Waals surface area contributed by atoms with Crippen LogP contribution >= 0.6 is 23.2 Å². The topological polar surface area (TPSA) is 38.7 Å². The summed E-state index contributed by atoms with van der Waals surface area (Å²) in [5.74, 6) is 1.34. The molecule has 1 aliphatic heterocycles. The molecular formula is C16H14Cl2O3. The lowest BCUT2D eigenvalue weighted by molar-refractivity contribution is -0.00940. The van der Waals surface area contributed by atoms with Crippen LogP contribution in [0.3, 0.4) is 0 Å². The van der Waals surface area contributed by atoms with Gasteiger partial charge in [-0.25, -0.2) is 0 Å². The van der Waals surface area contributed by atoms with Crippen molar-refractivity contribution < 1.29 is 14.6 Å². The Morgan fingerprint density at radius 3 is 2.67 bits per heavy atom. The van der Waals surface area contributed by atoms with Crippen LogP contribution in [0.15, 0.2) is 42.5 Å². The van der Waals surface area contributed by atoms with Gasteiger partial charge in [0, 0.05) is 6.42 Å². The van der Waals surface area contributed by atoms with Gasteiger partial charge in [0.05, 0.1) is 16.1 Å². The molecule has 0 saturated carbocycles. The molecule has 2 aromatic rings. The van der Waals surface area contributed by atoms with Crippen LogP contribution in [0.5, 0.6) is 11.5 Å². The standard InChI is InChI=1S/C16H14Cl2O3/c17-11-5-3-4-10(16(11)18)8-12(19)15-9-20-13-6-1-2-7-14(13)21-15/h1-7,12,15,19H,8-9H2. The van der Waals surface area contributed by atoms with Gasteiger partial charge in [-0.1, -0.05) is 47.5 Å². The molecule has 3 rings (SSSR count). The van der Waals surface area contributed by atoms with E-state index in [4.69, 9.17) is 32.7 Å². The van der Waals surface area contributed by atoms with Crippen LogP contribution < -0.4 is 9.47 Å². The average molecular weight is 325 g/mol. The maximum Gasteiger partial charge on any atom is 0.161 e. The van der Waals surface area contributed by atoms with Gasteiger partial charge in [0.15, 0.2) is 17.6 Å². The van der Waals surface area contributed by atoms with Crippen molar-refractivity contribution in [2.45, 2.75) is 18.6 Å². The SMILES string of the molecule is OC(Cc1cccc(Cl)c1Cl)C1COc2ccccc2O1. The zero-order chi connectivity index (χ0) is 14.8. The third-order valence-corrected chi connectivity index (χ3v) is 4.28. The van der Waals surface area contributed by atoms with E-state index < -0.39 is 12.2 Å². The number of benzene rings is 2. The molecule has 1 heterocycles. The number of rotatable bonds is 3. The smallest absolute Gasteiger partial charge is 0.161 e. The largest absolute Gasteiger partial charge is 0.486 e. The Morgan fingerprint density at radius 1 is 1.10 bits per heavy atom. The van der Waals surface area contributed by atoms with Crippen LogP contribution in [-0.2, 0) is 6.42 Å². The molecule has 0 spiro atoms. The summed E-state index contributed by atoms with van der Waals surface area (Å²) < 4.78 is 11.4. The lowest BCUT2D eigenvalue weighted by Crippen LogP contribution is -2.40. The molecule has 0 bridgehead atoms. The fraction of sp³-hybridized carbons (Fsp3) is 0.250. The minimum atomic E-state index is -0.727. The fourth-order valence-electron chi connectivity index (χ4n) is 2.29. The Labute approximate surface area is 133 Å². The van der Waals surface area contributed by atoms with Crippen LogP contribution in [0.25, 0.3) is 0 Å². The predicted molar refractivity (Wildman–Crippen MR) is 82.5 cm³/mol. The second-order valence-electron chi connectivity index (χ2n) is 4.90. The van der Waals surface area contributed by atoms with E-state index in [0.29, 0.717) is 34.6 Å². The molecule has 0 aliphatic carbocycles. The van der Waals surface area contributed by atoms with Crippen molar-refractivity contribution >= 4 is 23.2 Å². The lowest BCUT2D eigenvalue weighted by Gasteiger charge is -2.29. The molecule has 2 unspecified atom stereocenters. The number of aliphatic hydroxyl groups is 1. The first-order valence-corrected chi connectivity index (χ1v) is 7.40. The first-order chi connectivity index (χ1) is 10.1. The molecule has 0 fully saturated rings. The van der Waals surface area contributed by atoms with Crippen molar-refractivity contribution in [2.75, 3.05) is 6.61 Å². The Kier molecular flexibility index (Phi) is 4.24. The molecule has 1 aliphatic rings. The molecule has 110 valence electrons. The molecule has 2 aromatic carbocycles. The normalized spacial score (nSPS) is 18.3. The van der Waals surface area contributed by atoms with E-state index >= 15 is 0 Å². The summed E-state index contributed by atoms with van der Waals surface area (Å²) in [7, 11) is 0. The summed E-state index contributed by atoms with van der Waals surface area (Å²) in [5, 5.41) is 11.3. The Balaban J connectivity index is 1.72. The molecular weight excluding hydrogens is 311 g/mol. The minimum absolute atomic E-state index is 0.302. The van der Waals surface area contributed by atoms with Gasteiger partial charge >= 0.3 is 0 Å². The molecule has 2 atom stereocenters. The second kappa shape index (κ2) is 6.14. The second-order valence-corrected chi connectivity index (χ2v) is 5.68. The summed E-state index contributed by atoms with van der Waals surface area (Å²) in [6.07, 6.45) is -0.806. The molecule has 0 amide bonds. The van der Waals surface area contributed by atoms with E-state index in [0.717, 1.165) is 5.56 Å². The highest BCUT2D eigenvalue weighted by molar-refractivity contribution is 6.42. The quantitative estimate of drug-likeness (QED) is 0.934. The zero-order valence-corrected chi connectivity index (χ0v) is 12.6. The summed E-state index contributed by atoms with van der Waals surface area (Å²) in [6, 6.07) is 12.8. The van der Waals surface area contributed by atoms with Crippen LogP contribution in [0.1, 0.15) is 5.56 Å². The van der Waals surface area contributed by atoms with Gasteiger partial charge in [-0.05, 0) is 23.8 Å². The molecule has 0 radical (unpaired) electrons. The van der Waals surface area contributed by atoms with E-state index in [9.17, 15) is 5.11 Å². The number of hydrogen-bond acceptors (Lipinski definition) is 3. The highest BCUT2D eigenvalue weighted by Crippen LogP contribution is 2.33. The Bertz CT molecular complexity index is 645. The summed E-state index contributed by atoms with van der Waals surface area (Å²) in [4.78, 5) is 0. The molecule has 3 nitrogen and oxygen atoms in total. The fourth-order valence-corrected chi connectivity index (χ4v) is 2.69. The van der Waals surface area contributed by atoms with Crippen molar-refractivity contribution in [3.8, 4) is 11.5 Å². The predicted octanol–water partition coefficient (Wildman–Crippen LogP) is 3.74. The molecule has 0 aromatic heterocycles. The van der Waals surface area contributed by atoms with Gasteiger partial charge in [0.25, 0.3) is 0 Å². The third-order valence-electron chi connectivity index (χ3n) is 3.42. The van der Waals surface area contributed by atoms with Crippen molar-refractivity contribution in [1.82, 2.24) is 0 Å². The number of fused-ring (bicyclic) bond motifs is 1. The number of aliphatic hydroxyl groups excluding tert-OH is 1. The van der Waals surface area contributed by atoms with E-state index in [1.807, 2.05) is 36.4 Å². The highest BCUT2D eigenvalue weighted by atomic mass is 35.5. The van der Waals surface area contributed by atoms with Gasteiger partial charge in [-0.2, -0.15) is 0 Å². The number of ether oxygens (including phenoxy) is 2. The van der Waals surface area contributed by atoms with Crippen molar-refractivity contribution in [1.29, 1.82) is 0 Å². The van der Waals surface area contributed by atoms with E-state index in [1.165, 1.54) is 0 Å². The lowest BCUT2D eigenvalue weighted by atomic mass is 10.0. The Morgan fingerprint density at radius 2 is 1.86 bits per heavy atom. The maximum absolute atomic E-state index is 10.4. The first kappa shape index (κ1) is 14.5. The highest BCUT2D eigenvalue weighted by Gasteiger charge is 2.28. The van der Waals surface area contributed by atoms with Gasteiger partial charge in [0.1, 0.15) is 6.61 Å². The van der Waals surface area contributed by atoms with Gasteiger partial charge in [-0.3, -0.25) is 0 Å². The molecule has 21 heavy (non-hydrogen) atoms. The molecule has 0 saturated heterocycles. The monoisotopic (exact) mass is 324 g/mol. The van der Waals surface area contributed by atoms with E-state index in [2.05, 4.69) is 0 Å². The summed E-state index contributed by atoms with van der Waals surface area (Å²) in [6.45, 7) is 0.302. The van der Waals surface area contributed by atoms with Crippen LogP contribution in [0.4, 0.5) is 0 Å². The van der Waals surface area contributed by atoms with E-state index in [-0.39, 0.29) is 0 Å². The van der Waals surface area contributed by atoms with Crippen molar-refractivity contribution in [3.63, 3.8) is 0 Å². The van der Waals surface area contributed by atoms with Crippen LogP contribution in [0, 0.1) is 0 Å². The minimum Gasteiger partial charge on any atom is -0.486 e. The Hall–Kier alpha value is -1.42. The number of hydrogen-bond donors (Lipinski definition) is 1.